The molecule has 0 bridgehead atoms. The fourth-order valence-corrected chi connectivity index (χ4v) is 3.55. The standard InChI is InChI=1S/C15H22O3/c16-9-11-3-1-5-13(7-11)15(18)14-6-2-4-12(8-14)10-17/h9-14H,1-8H2. The van der Waals surface area contributed by atoms with Crippen LogP contribution in [0.4, 0.5) is 0 Å². The topological polar surface area (TPSA) is 51.2 Å². The van der Waals surface area contributed by atoms with Crippen LogP contribution in [0.15, 0.2) is 0 Å². The molecule has 0 aromatic heterocycles. The highest BCUT2D eigenvalue weighted by atomic mass is 16.1. The molecular weight excluding hydrogens is 228 g/mol. The van der Waals surface area contributed by atoms with Crippen molar-refractivity contribution in [2.75, 3.05) is 0 Å². The lowest BCUT2D eigenvalue weighted by Gasteiger charge is -2.31. The van der Waals surface area contributed by atoms with Crippen molar-refractivity contribution in [3.8, 4) is 0 Å². The van der Waals surface area contributed by atoms with E-state index in [1.54, 1.807) is 0 Å². The SMILES string of the molecule is O=CC1CCCC(C(=O)C2CCCC(C=O)C2)C1. The Balaban J connectivity index is 1.93. The summed E-state index contributed by atoms with van der Waals surface area (Å²) in [5, 5.41) is 0. The van der Waals surface area contributed by atoms with E-state index in [4.69, 9.17) is 0 Å². The lowest BCUT2D eigenvalue weighted by Crippen LogP contribution is -2.32. The first kappa shape index (κ1) is 13.4. The van der Waals surface area contributed by atoms with Crippen LogP contribution >= 0.6 is 0 Å². The van der Waals surface area contributed by atoms with Crippen LogP contribution in [0.25, 0.3) is 0 Å². The van der Waals surface area contributed by atoms with Gasteiger partial charge in [-0.2, -0.15) is 0 Å². The van der Waals surface area contributed by atoms with Crippen LogP contribution in [0.5, 0.6) is 0 Å². The summed E-state index contributed by atoms with van der Waals surface area (Å²) >= 11 is 0. The van der Waals surface area contributed by atoms with Gasteiger partial charge in [0.15, 0.2) is 0 Å². The fraction of sp³-hybridized carbons (Fsp3) is 0.800. The number of rotatable bonds is 4. The van der Waals surface area contributed by atoms with E-state index in [2.05, 4.69) is 0 Å². The van der Waals surface area contributed by atoms with Crippen molar-refractivity contribution in [3.05, 3.63) is 0 Å². The van der Waals surface area contributed by atoms with Crippen LogP contribution in [0.3, 0.4) is 0 Å². The van der Waals surface area contributed by atoms with Gasteiger partial charge in [0.1, 0.15) is 18.4 Å². The average molecular weight is 250 g/mol. The van der Waals surface area contributed by atoms with Crippen molar-refractivity contribution in [2.24, 2.45) is 23.7 Å². The number of carbonyl (C=O) groups is 3. The Morgan fingerprint density at radius 2 is 1.22 bits per heavy atom. The maximum atomic E-state index is 12.4. The number of aldehydes is 2. The number of hydrogen-bond acceptors (Lipinski definition) is 3. The molecule has 2 rings (SSSR count). The molecule has 2 aliphatic rings. The molecule has 0 amide bonds. The highest BCUT2D eigenvalue weighted by Crippen LogP contribution is 2.35. The summed E-state index contributed by atoms with van der Waals surface area (Å²) in [5.74, 6) is 0.637. The van der Waals surface area contributed by atoms with E-state index in [1.807, 2.05) is 0 Å². The molecule has 0 aromatic rings. The lowest BCUT2D eigenvalue weighted by atomic mass is 9.72. The zero-order valence-electron chi connectivity index (χ0n) is 10.8. The van der Waals surface area contributed by atoms with Gasteiger partial charge in [-0.1, -0.05) is 12.8 Å². The number of hydrogen-bond donors (Lipinski definition) is 0. The molecule has 2 saturated carbocycles. The van der Waals surface area contributed by atoms with Gasteiger partial charge in [0.05, 0.1) is 0 Å². The molecule has 100 valence electrons. The third-order valence-corrected chi connectivity index (χ3v) is 4.62. The molecule has 4 unspecified atom stereocenters. The normalized spacial score (nSPS) is 36.9. The monoisotopic (exact) mass is 250 g/mol. The van der Waals surface area contributed by atoms with Gasteiger partial charge in [-0.05, 0) is 38.5 Å². The molecule has 4 atom stereocenters. The molecule has 3 heteroatoms. The minimum atomic E-state index is 0.0735. The first-order chi connectivity index (χ1) is 8.74. The van der Waals surface area contributed by atoms with E-state index in [0.29, 0.717) is 5.78 Å². The molecule has 0 spiro atoms. The third-order valence-electron chi connectivity index (χ3n) is 4.62. The maximum absolute atomic E-state index is 12.4. The Morgan fingerprint density at radius 3 is 1.61 bits per heavy atom. The van der Waals surface area contributed by atoms with E-state index >= 15 is 0 Å². The molecule has 3 nitrogen and oxygen atoms in total. The Kier molecular flexibility index (Phi) is 4.67. The van der Waals surface area contributed by atoms with Crippen molar-refractivity contribution >= 4 is 18.4 Å². The van der Waals surface area contributed by atoms with Crippen LogP contribution < -0.4 is 0 Å². The van der Waals surface area contributed by atoms with Gasteiger partial charge in [0, 0.05) is 23.7 Å². The van der Waals surface area contributed by atoms with Gasteiger partial charge in [0.2, 0.25) is 0 Å². The lowest BCUT2D eigenvalue weighted by molar-refractivity contribution is -0.130. The number of carbonyl (C=O) groups excluding carboxylic acids is 3. The van der Waals surface area contributed by atoms with Crippen LogP contribution in [0.2, 0.25) is 0 Å². The van der Waals surface area contributed by atoms with Crippen molar-refractivity contribution in [2.45, 2.75) is 51.4 Å². The van der Waals surface area contributed by atoms with Gasteiger partial charge in [-0.25, -0.2) is 0 Å². The summed E-state index contributed by atoms with van der Waals surface area (Å²) in [7, 11) is 0. The molecule has 18 heavy (non-hydrogen) atoms. The first-order valence-electron chi connectivity index (χ1n) is 7.19. The molecule has 0 radical (unpaired) electrons. The summed E-state index contributed by atoms with van der Waals surface area (Å²) in [6, 6.07) is 0. The van der Waals surface area contributed by atoms with E-state index in [0.717, 1.165) is 63.9 Å². The molecule has 2 fully saturated rings. The van der Waals surface area contributed by atoms with Gasteiger partial charge >= 0.3 is 0 Å². The second-order valence-electron chi connectivity index (χ2n) is 5.92. The van der Waals surface area contributed by atoms with Crippen LogP contribution in [0, 0.1) is 23.7 Å². The molecular formula is C15H22O3. The second-order valence-corrected chi connectivity index (χ2v) is 5.92. The number of ketones is 1. The minimum absolute atomic E-state index is 0.0735. The second kappa shape index (κ2) is 6.26. The minimum Gasteiger partial charge on any atom is -0.303 e. The summed E-state index contributed by atoms with van der Waals surface area (Å²) in [5.41, 5.74) is 0. The predicted octanol–water partition coefficient (Wildman–Crippen LogP) is 2.57. The van der Waals surface area contributed by atoms with Gasteiger partial charge in [0.25, 0.3) is 0 Å². The quantitative estimate of drug-likeness (QED) is 0.720. The highest BCUT2D eigenvalue weighted by molar-refractivity contribution is 5.84. The van der Waals surface area contributed by atoms with Crippen molar-refractivity contribution in [1.29, 1.82) is 0 Å². The summed E-state index contributed by atoms with van der Waals surface area (Å²) < 4.78 is 0. The fourth-order valence-electron chi connectivity index (χ4n) is 3.55. The van der Waals surface area contributed by atoms with Crippen LogP contribution in [0.1, 0.15) is 51.4 Å². The molecule has 0 aliphatic heterocycles. The zero-order chi connectivity index (χ0) is 13.0. The van der Waals surface area contributed by atoms with Crippen LogP contribution in [-0.2, 0) is 14.4 Å². The first-order valence-corrected chi connectivity index (χ1v) is 7.19. The predicted molar refractivity (Wildman–Crippen MR) is 68.0 cm³/mol. The summed E-state index contributed by atoms with van der Waals surface area (Å²) in [6.07, 6.45) is 9.23. The van der Waals surface area contributed by atoms with Gasteiger partial charge in [-0.15, -0.1) is 0 Å². The Hall–Kier alpha value is -0.990. The van der Waals surface area contributed by atoms with E-state index in [-0.39, 0.29) is 23.7 Å². The highest BCUT2D eigenvalue weighted by Gasteiger charge is 2.34. The zero-order valence-corrected chi connectivity index (χ0v) is 10.8. The van der Waals surface area contributed by atoms with Gasteiger partial charge in [-0.3, -0.25) is 4.79 Å². The Labute approximate surface area is 108 Å². The average Bonchev–Trinajstić information content (AvgIpc) is 2.46. The Morgan fingerprint density at radius 1 is 0.778 bits per heavy atom. The van der Waals surface area contributed by atoms with E-state index < -0.39 is 0 Å². The molecule has 0 N–H and O–H groups in total. The smallest absolute Gasteiger partial charge is 0.139 e. The van der Waals surface area contributed by atoms with E-state index in [1.165, 1.54) is 0 Å². The summed E-state index contributed by atoms with van der Waals surface area (Å²) in [6.45, 7) is 0. The molecule has 2 aliphatic carbocycles. The molecule has 0 heterocycles. The molecule has 0 saturated heterocycles. The van der Waals surface area contributed by atoms with Crippen LogP contribution in [-0.4, -0.2) is 18.4 Å². The van der Waals surface area contributed by atoms with Crippen molar-refractivity contribution in [1.82, 2.24) is 0 Å². The molecule has 0 aromatic carbocycles. The Bertz CT molecular complexity index is 294. The maximum Gasteiger partial charge on any atom is 0.139 e. The van der Waals surface area contributed by atoms with Gasteiger partial charge < -0.3 is 9.59 Å². The van der Waals surface area contributed by atoms with Crippen molar-refractivity contribution in [3.63, 3.8) is 0 Å². The van der Waals surface area contributed by atoms with E-state index in [9.17, 15) is 14.4 Å². The van der Waals surface area contributed by atoms with Crippen molar-refractivity contribution < 1.29 is 14.4 Å². The summed E-state index contributed by atoms with van der Waals surface area (Å²) in [4.78, 5) is 34.1. The number of Topliss-reactive ketones (excluding diaryl/α,β-unsaturated/α-hetero) is 1. The largest absolute Gasteiger partial charge is 0.303 e. The third kappa shape index (κ3) is 3.06.